The number of pyridine rings is 1. The summed E-state index contributed by atoms with van der Waals surface area (Å²) in [5.41, 5.74) is 3.15. The molecular formula is C16H22N4. The van der Waals surface area contributed by atoms with E-state index in [1.807, 2.05) is 6.07 Å². The van der Waals surface area contributed by atoms with Crippen molar-refractivity contribution >= 4 is 5.82 Å². The normalized spacial score (nSPS) is 22.3. The minimum Gasteiger partial charge on any atom is -0.367 e. The predicted octanol–water partition coefficient (Wildman–Crippen LogP) is 2.34. The van der Waals surface area contributed by atoms with E-state index >= 15 is 0 Å². The summed E-state index contributed by atoms with van der Waals surface area (Å²) >= 11 is 0. The topological polar surface area (TPSA) is 52.0 Å². The van der Waals surface area contributed by atoms with Gasteiger partial charge in [0.25, 0.3) is 0 Å². The average Bonchev–Trinajstić information content (AvgIpc) is 2.92. The minimum absolute atomic E-state index is 0.561. The second-order valence-electron chi connectivity index (χ2n) is 5.97. The number of nitriles is 1. The highest BCUT2D eigenvalue weighted by Crippen LogP contribution is 2.25. The first-order valence-corrected chi connectivity index (χ1v) is 7.65. The lowest BCUT2D eigenvalue weighted by molar-refractivity contribution is 0.194. The van der Waals surface area contributed by atoms with Gasteiger partial charge in [-0.3, -0.25) is 0 Å². The molecule has 1 aliphatic carbocycles. The zero-order chi connectivity index (χ0) is 13.9. The molecule has 3 rings (SSSR count). The molecule has 1 saturated heterocycles. The number of likely N-dealkylation sites (N-methyl/N-ethyl adjacent to an activating group) is 1. The van der Waals surface area contributed by atoms with Crippen molar-refractivity contribution < 1.29 is 0 Å². The molecule has 4 nitrogen and oxygen atoms in total. The molecule has 106 valence electrons. The largest absolute Gasteiger partial charge is 0.367 e. The number of hydrogen-bond acceptors (Lipinski definition) is 4. The molecular weight excluding hydrogens is 248 g/mol. The summed E-state index contributed by atoms with van der Waals surface area (Å²) in [6.45, 7) is 2.06. The molecule has 20 heavy (non-hydrogen) atoms. The SMILES string of the molecule is CN1CCCCC1CNc1nc2c(cc1C#N)CCC2. The van der Waals surface area contributed by atoms with Gasteiger partial charge in [-0.15, -0.1) is 0 Å². The van der Waals surface area contributed by atoms with E-state index < -0.39 is 0 Å². The first-order valence-electron chi connectivity index (χ1n) is 7.65. The maximum atomic E-state index is 9.30. The molecule has 1 N–H and O–H groups in total. The summed E-state index contributed by atoms with van der Waals surface area (Å²) in [5, 5.41) is 12.7. The Kier molecular flexibility index (Phi) is 3.88. The molecule has 0 radical (unpaired) electrons. The summed E-state index contributed by atoms with van der Waals surface area (Å²) < 4.78 is 0. The Morgan fingerprint density at radius 1 is 1.40 bits per heavy atom. The van der Waals surface area contributed by atoms with Crippen molar-refractivity contribution in [1.29, 1.82) is 5.26 Å². The second-order valence-corrected chi connectivity index (χ2v) is 5.97. The first kappa shape index (κ1) is 13.4. The Hall–Kier alpha value is -1.60. The first-order chi connectivity index (χ1) is 9.78. The monoisotopic (exact) mass is 270 g/mol. The number of likely N-dealkylation sites (tertiary alicyclic amines) is 1. The molecule has 1 fully saturated rings. The maximum Gasteiger partial charge on any atom is 0.144 e. The summed E-state index contributed by atoms with van der Waals surface area (Å²) in [4.78, 5) is 7.09. The van der Waals surface area contributed by atoms with Gasteiger partial charge in [-0.05, 0) is 57.3 Å². The smallest absolute Gasteiger partial charge is 0.144 e. The lowest BCUT2D eigenvalue weighted by Crippen LogP contribution is -2.41. The average molecular weight is 270 g/mol. The fourth-order valence-electron chi connectivity index (χ4n) is 3.31. The zero-order valence-electron chi connectivity index (χ0n) is 12.2. The van der Waals surface area contributed by atoms with Crippen LogP contribution < -0.4 is 5.32 Å². The van der Waals surface area contributed by atoms with Crippen LogP contribution in [0.2, 0.25) is 0 Å². The molecule has 1 aliphatic heterocycles. The minimum atomic E-state index is 0.561. The number of aromatic nitrogens is 1. The van der Waals surface area contributed by atoms with Crippen molar-refractivity contribution in [2.45, 2.75) is 44.6 Å². The van der Waals surface area contributed by atoms with Crippen molar-refractivity contribution in [1.82, 2.24) is 9.88 Å². The third-order valence-corrected chi connectivity index (χ3v) is 4.60. The maximum absolute atomic E-state index is 9.30. The molecule has 1 aromatic rings. The van der Waals surface area contributed by atoms with Crippen molar-refractivity contribution in [3.8, 4) is 6.07 Å². The second kappa shape index (κ2) is 5.80. The number of piperidine rings is 1. The lowest BCUT2D eigenvalue weighted by atomic mass is 10.0. The van der Waals surface area contributed by atoms with Gasteiger partial charge in [-0.1, -0.05) is 6.42 Å². The molecule has 4 heteroatoms. The Labute approximate surface area is 120 Å². The van der Waals surface area contributed by atoms with Crippen molar-refractivity contribution in [3.63, 3.8) is 0 Å². The number of aryl methyl sites for hydroxylation is 2. The van der Waals surface area contributed by atoms with Crippen LogP contribution >= 0.6 is 0 Å². The standard InChI is InChI=1S/C16H22N4/c1-20-8-3-2-6-14(20)11-18-16-13(10-17)9-12-5-4-7-15(12)19-16/h9,14H,2-8,11H2,1H3,(H,18,19). The van der Waals surface area contributed by atoms with Gasteiger partial charge in [0.05, 0.1) is 5.56 Å². The Balaban J connectivity index is 1.72. The third-order valence-electron chi connectivity index (χ3n) is 4.60. The van der Waals surface area contributed by atoms with E-state index in [1.54, 1.807) is 0 Å². The van der Waals surface area contributed by atoms with E-state index in [2.05, 4.69) is 28.3 Å². The van der Waals surface area contributed by atoms with Crippen LogP contribution in [0.4, 0.5) is 5.82 Å². The van der Waals surface area contributed by atoms with E-state index in [-0.39, 0.29) is 0 Å². The van der Waals surface area contributed by atoms with E-state index in [4.69, 9.17) is 0 Å². The van der Waals surface area contributed by atoms with Crippen molar-refractivity contribution in [2.75, 3.05) is 25.5 Å². The highest BCUT2D eigenvalue weighted by atomic mass is 15.2. The van der Waals surface area contributed by atoms with Gasteiger partial charge >= 0.3 is 0 Å². The molecule has 1 aromatic heterocycles. The Morgan fingerprint density at radius 3 is 3.10 bits per heavy atom. The number of fused-ring (bicyclic) bond motifs is 1. The van der Waals surface area contributed by atoms with Gasteiger partial charge in [0, 0.05) is 18.3 Å². The molecule has 0 saturated carbocycles. The molecule has 2 aliphatic rings. The van der Waals surface area contributed by atoms with Gasteiger partial charge in [-0.25, -0.2) is 4.98 Å². The van der Waals surface area contributed by atoms with E-state index in [0.29, 0.717) is 11.6 Å². The predicted molar refractivity (Wildman–Crippen MR) is 79.7 cm³/mol. The van der Waals surface area contributed by atoms with E-state index in [9.17, 15) is 5.26 Å². The summed E-state index contributed by atoms with van der Waals surface area (Å²) in [6, 6.07) is 4.88. The van der Waals surface area contributed by atoms with Gasteiger partial charge in [0.1, 0.15) is 11.9 Å². The third kappa shape index (κ3) is 2.64. The molecule has 1 atom stereocenters. The zero-order valence-corrected chi connectivity index (χ0v) is 12.2. The highest BCUT2D eigenvalue weighted by Gasteiger charge is 2.20. The van der Waals surface area contributed by atoms with Crippen LogP contribution in [-0.4, -0.2) is 36.1 Å². The van der Waals surface area contributed by atoms with Gasteiger partial charge in [0.2, 0.25) is 0 Å². The molecule has 0 amide bonds. The number of nitrogens with one attached hydrogen (secondary N) is 1. The summed E-state index contributed by atoms with van der Waals surface area (Å²) in [7, 11) is 2.19. The lowest BCUT2D eigenvalue weighted by Gasteiger charge is -2.32. The number of nitrogens with zero attached hydrogens (tertiary/aromatic N) is 3. The number of anilines is 1. The number of hydrogen-bond donors (Lipinski definition) is 1. The fraction of sp³-hybridized carbons (Fsp3) is 0.625. The van der Waals surface area contributed by atoms with Crippen LogP contribution in [0.25, 0.3) is 0 Å². The summed E-state index contributed by atoms with van der Waals surface area (Å²) in [5.74, 6) is 0.784. The van der Waals surface area contributed by atoms with Gasteiger partial charge in [-0.2, -0.15) is 5.26 Å². The fourth-order valence-corrected chi connectivity index (χ4v) is 3.31. The Bertz CT molecular complexity index is 532. The van der Waals surface area contributed by atoms with Crippen LogP contribution in [0.5, 0.6) is 0 Å². The van der Waals surface area contributed by atoms with Gasteiger partial charge < -0.3 is 10.2 Å². The molecule has 0 spiro atoms. The molecule has 0 aromatic carbocycles. The van der Waals surface area contributed by atoms with Crippen LogP contribution in [0, 0.1) is 11.3 Å². The van der Waals surface area contributed by atoms with E-state index in [1.165, 1.54) is 43.5 Å². The quantitative estimate of drug-likeness (QED) is 0.916. The van der Waals surface area contributed by atoms with Crippen LogP contribution in [0.3, 0.4) is 0 Å². The van der Waals surface area contributed by atoms with Gasteiger partial charge in [0.15, 0.2) is 0 Å². The van der Waals surface area contributed by atoms with E-state index in [0.717, 1.165) is 25.2 Å². The van der Waals surface area contributed by atoms with Crippen LogP contribution in [-0.2, 0) is 12.8 Å². The number of rotatable bonds is 3. The molecule has 1 unspecified atom stereocenters. The highest BCUT2D eigenvalue weighted by molar-refractivity contribution is 5.55. The summed E-state index contributed by atoms with van der Waals surface area (Å²) in [6.07, 6.45) is 7.13. The van der Waals surface area contributed by atoms with Crippen LogP contribution in [0.15, 0.2) is 6.07 Å². The molecule has 0 bridgehead atoms. The molecule has 2 heterocycles. The van der Waals surface area contributed by atoms with Crippen molar-refractivity contribution in [2.24, 2.45) is 0 Å². The Morgan fingerprint density at radius 2 is 2.30 bits per heavy atom. The van der Waals surface area contributed by atoms with Crippen molar-refractivity contribution in [3.05, 3.63) is 22.9 Å². The van der Waals surface area contributed by atoms with Crippen LogP contribution in [0.1, 0.15) is 42.5 Å².